The summed E-state index contributed by atoms with van der Waals surface area (Å²) >= 11 is 0. The Morgan fingerprint density at radius 3 is 2.50 bits per heavy atom. The van der Waals surface area contributed by atoms with Crippen LogP contribution in [0.2, 0.25) is 0 Å². The number of aromatic amines is 1. The molecular formula is C24H25N3O3. The summed E-state index contributed by atoms with van der Waals surface area (Å²) in [5.41, 5.74) is 2.40. The summed E-state index contributed by atoms with van der Waals surface area (Å²) in [5, 5.41) is 1.04. The van der Waals surface area contributed by atoms with Gasteiger partial charge in [0.05, 0.1) is 12.5 Å². The topological polar surface area (TPSA) is 65.6 Å². The first-order valence-electron chi connectivity index (χ1n) is 10.4. The summed E-state index contributed by atoms with van der Waals surface area (Å²) in [5.74, 6) is 1.05. The third-order valence-corrected chi connectivity index (χ3v) is 6.54. The van der Waals surface area contributed by atoms with Crippen molar-refractivity contribution in [1.29, 1.82) is 0 Å². The molecule has 30 heavy (non-hydrogen) atoms. The summed E-state index contributed by atoms with van der Waals surface area (Å²) in [7, 11) is 1.65. The molecule has 0 saturated carbocycles. The number of hydrogen-bond donors (Lipinski definition) is 1. The van der Waals surface area contributed by atoms with E-state index in [-0.39, 0.29) is 17.2 Å². The van der Waals surface area contributed by atoms with Crippen LogP contribution in [0.3, 0.4) is 0 Å². The van der Waals surface area contributed by atoms with E-state index in [0.29, 0.717) is 25.3 Å². The van der Waals surface area contributed by atoms with Crippen molar-refractivity contribution in [2.75, 3.05) is 26.7 Å². The minimum atomic E-state index is -0.288. The Hall–Kier alpha value is -3.28. The molecule has 2 aliphatic heterocycles. The van der Waals surface area contributed by atoms with Crippen molar-refractivity contribution in [1.82, 2.24) is 14.8 Å². The highest BCUT2D eigenvalue weighted by Gasteiger charge is 2.53. The van der Waals surface area contributed by atoms with Gasteiger partial charge in [0.2, 0.25) is 5.91 Å². The van der Waals surface area contributed by atoms with E-state index in [2.05, 4.69) is 4.98 Å². The molecule has 2 saturated heterocycles. The molecule has 0 atom stereocenters. The predicted molar refractivity (Wildman–Crippen MR) is 114 cm³/mol. The smallest absolute Gasteiger partial charge is 0.270 e. The van der Waals surface area contributed by atoms with Crippen molar-refractivity contribution in [3.8, 4) is 5.75 Å². The van der Waals surface area contributed by atoms with Gasteiger partial charge in [-0.1, -0.05) is 30.3 Å². The van der Waals surface area contributed by atoms with Gasteiger partial charge in [-0.2, -0.15) is 0 Å². The van der Waals surface area contributed by atoms with Crippen molar-refractivity contribution < 1.29 is 14.3 Å². The highest BCUT2D eigenvalue weighted by Crippen LogP contribution is 2.42. The molecule has 154 valence electrons. The number of nitrogens with zero attached hydrogens (tertiary/aromatic N) is 2. The number of fused-ring (bicyclic) bond motifs is 1. The highest BCUT2D eigenvalue weighted by atomic mass is 16.5. The van der Waals surface area contributed by atoms with Crippen LogP contribution >= 0.6 is 0 Å². The molecule has 2 aliphatic rings. The number of likely N-dealkylation sites (tertiary alicyclic amines) is 2. The third-order valence-electron chi connectivity index (χ3n) is 6.54. The number of nitrogens with one attached hydrogen (secondary N) is 1. The maximum atomic E-state index is 12.9. The minimum absolute atomic E-state index is 0.0166. The molecule has 2 fully saturated rings. The lowest BCUT2D eigenvalue weighted by atomic mass is 9.71. The second-order valence-electron chi connectivity index (χ2n) is 8.35. The van der Waals surface area contributed by atoms with Crippen LogP contribution in [0.1, 0.15) is 28.9 Å². The van der Waals surface area contributed by atoms with Gasteiger partial charge in [0.25, 0.3) is 5.91 Å². The number of H-pyrrole nitrogens is 1. The Morgan fingerprint density at radius 2 is 1.83 bits per heavy atom. The molecule has 0 radical (unpaired) electrons. The normalized spacial score (nSPS) is 18.0. The molecule has 0 unspecified atom stereocenters. The van der Waals surface area contributed by atoms with Gasteiger partial charge in [-0.3, -0.25) is 9.59 Å². The standard InChI is InChI=1S/C24H25N3O3/c1-30-19-8-6-17(7-9-19)15-27-16-24(23(27)29)10-12-26(13-11-24)22(28)21-14-18-4-2-3-5-20(18)25-21/h2-9,14,25H,10-13,15-16H2,1H3. The number of para-hydroxylation sites is 1. The lowest BCUT2D eigenvalue weighted by Crippen LogP contribution is -2.64. The minimum Gasteiger partial charge on any atom is -0.497 e. The van der Waals surface area contributed by atoms with E-state index in [4.69, 9.17) is 4.74 Å². The SMILES string of the molecule is COc1ccc(CN2CC3(CCN(C(=O)c4cc5ccccc5[nH]4)CC3)C2=O)cc1. The fourth-order valence-electron chi connectivity index (χ4n) is 4.70. The number of rotatable bonds is 4. The number of hydrogen-bond acceptors (Lipinski definition) is 3. The van der Waals surface area contributed by atoms with E-state index in [1.54, 1.807) is 7.11 Å². The monoisotopic (exact) mass is 403 g/mol. The Balaban J connectivity index is 1.19. The maximum absolute atomic E-state index is 12.9. The van der Waals surface area contributed by atoms with Crippen molar-refractivity contribution >= 4 is 22.7 Å². The lowest BCUT2D eigenvalue weighted by Gasteiger charge is -2.52. The average Bonchev–Trinajstić information content (AvgIpc) is 3.23. The number of aromatic nitrogens is 1. The van der Waals surface area contributed by atoms with Crippen LogP contribution in [0.15, 0.2) is 54.6 Å². The van der Waals surface area contributed by atoms with E-state index >= 15 is 0 Å². The van der Waals surface area contributed by atoms with Crippen LogP contribution in [0, 0.1) is 5.41 Å². The van der Waals surface area contributed by atoms with E-state index in [1.165, 1.54) is 0 Å². The van der Waals surface area contributed by atoms with Gasteiger partial charge in [-0.05, 0) is 42.7 Å². The summed E-state index contributed by atoms with van der Waals surface area (Å²) in [6, 6.07) is 17.6. The van der Waals surface area contributed by atoms with E-state index in [0.717, 1.165) is 41.6 Å². The number of ether oxygens (including phenoxy) is 1. The molecule has 0 aliphatic carbocycles. The van der Waals surface area contributed by atoms with Crippen LogP contribution in [0.25, 0.3) is 10.9 Å². The van der Waals surface area contributed by atoms with Crippen molar-refractivity contribution in [2.24, 2.45) is 5.41 Å². The van der Waals surface area contributed by atoms with Crippen LogP contribution in [0.4, 0.5) is 0 Å². The molecule has 2 amide bonds. The molecule has 1 aromatic heterocycles. The van der Waals surface area contributed by atoms with E-state index in [9.17, 15) is 9.59 Å². The molecule has 5 rings (SSSR count). The van der Waals surface area contributed by atoms with E-state index < -0.39 is 0 Å². The van der Waals surface area contributed by atoms with Gasteiger partial charge >= 0.3 is 0 Å². The number of methoxy groups -OCH3 is 1. The quantitative estimate of drug-likeness (QED) is 0.679. The zero-order chi connectivity index (χ0) is 20.7. The van der Waals surface area contributed by atoms with Crippen molar-refractivity contribution in [2.45, 2.75) is 19.4 Å². The summed E-state index contributed by atoms with van der Waals surface area (Å²) in [6.07, 6.45) is 1.47. The number of carbonyl (C=O) groups is 2. The highest BCUT2D eigenvalue weighted by molar-refractivity contribution is 5.98. The Kier molecular flexibility index (Phi) is 4.50. The molecule has 6 heteroatoms. The first kappa shape index (κ1) is 18.7. The first-order valence-corrected chi connectivity index (χ1v) is 10.4. The number of β-lactam (4-membered cyclic amide) rings is 1. The Morgan fingerprint density at radius 1 is 1.10 bits per heavy atom. The largest absolute Gasteiger partial charge is 0.497 e. The molecule has 3 heterocycles. The number of carbonyl (C=O) groups excluding carboxylic acids is 2. The molecule has 0 bridgehead atoms. The Labute approximate surface area is 175 Å². The van der Waals surface area contributed by atoms with E-state index in [1.807, 2.05) is 64.4 Å². The van der Waals surface area contributed by atoms with Crippen molar-refractivity contribution in [3.63, 3.8) is 0 Å². The summed E-state index contributed by atoms with van der Waals surface area (Å²) < 4.78 is 5.19. The zero-order valence-corrected chi connectivity index (χ0v) is 17.1. The van der Waals surface area contributed by atoms with Gasteiger partial charge in [0, 0.05) is 37.1 Å². The molecule has 1 N–H and O–H groups in total. The summed E-state index contributed by atoms with van der Waals surface area (Å²) in [4.78, 5) is 32.8. The van der Waals surface area contributed by atoms with Gasteiger partial charge in [0.15, 0.2) is 0 Å². The fourth-order valence-corrected chi connectivity index (χ4v) is 4.70. The lowest BCUT2D eigenvalue weighted by molar-refractivity contribution is -0.165. The van der Waals surface area contributed by atoms with Crippen molar-refractivity contribution in [3.05, 3.63) is 65.9 Å². The average molecular weight is 403 g/mol. The predicted octanol–water partition coefficient (Wildman–Crippen LogP) is 3.44. The number of benzene rings is 2. The zero-order valence-electron chi connectivity index (χ0n) is 17.1. The first-order chi connectivity index (χ1) is 14.6. The van der Waals surface area contributed by atoms with Gasteiger partial charge in [-0.15, -0.1) is 0 Å². The van der Waals surface area contributed by atoms with Crippen LogP contribution < -0.4 is 4.74 Å². The molecule has 6 nitrogen and oxygen atoms in total. The molecule has 2 aromatic carbocycles. The van der Waals surface area contributed by atoms with Gasteiger partial charge in [-0.25, -0.2) is 0 Å². The van der Waals surface area contributed by atoms with Crippen LogP contribution in [-0.2, 0) is 11.3 Å². The second-order valence-corrected chi connectivity index (χ2v) is 8.35. The number of piperidine rings is 1. The van der Waals surface area contributed by atoms with Gasteiger partial charge in [0.1, 0.15) is 11.4 Å². The van der Waals surface area contributed by atoms with Gasteiger partial charge < -0.3 is 19.5 Å². The summed E-state index contributed by atoms with van der Waals surface area (Å²) in [6.45, 7) is 2.64. The molecule has 3 aromatic rings. The van der Waals surface area contributed by atoms with Crippen LogP contribution in [-0.4, -0.2) is 53.3 Å². The third kappa shape index (κ3) is 3.12. The maximum Gasteiger partial charge on any atom is 0.270 e. The Bertz CT molecular complexity index is 1060. The number of amides is 2. The second kappa shape index (κ2) is 7.20. The van der Waals surface area contributed by atoms with Crippen LogP contribution in [0.5, 0.6) is 5.75 Å². The molecular weight excluding hydrogens is 378 g/mol. The fraction of sp³-hybridized carbons (Fsp3) is 0.333. The molecule has 1 spiro atoms.